The molecule has 0 aliphatic heterocycles. The van der Waals surface area contributed by atoms with Crippen molar-refractivity contribution < 1.29 is 19.0 Å². The number of hydrogen-bond donors (Lipinski definition) is 2. The van der Waals surface area contributed by atoms with Crippen LogP contribution in [0.25, 0.3) is 5.69 Å². The van der Waals surface area contributed by atoms with E-state index in [4.69, 9.17) is 22.6 Å². The number of benzene rings is 1. The quantitative estimate of drug-likeness (QED) is 0.828. The number of esters is 1. The van der Waals surface area contributed by atoms with Crippen LogP contribution in [0.1, 0.15) is 16.1 Å². The molecule has 6 nitrogen and oxygen atoms in total. The van der Waals surface area contributed by atoms with Gasteiger partial charge in [0, 0.05) is 12.3 Å². The fourth-order valence-corrected chi connectivity index (χ4v) is 1.98. The van der Waals surface area contributed by atoms with Crippen LogP contribution in [-0.2, 0) is 4.74 Å². The van der Waals surface area contributed by atoms with Crippen LogP contribution in [-0.4, -0.2) is 22.8 Å². The highest BCUT2D eigenvalue weighted by atomic mass is 35.5. The number of ether oxygens (including phenoxy) is 1. The van der Waals surface area contributed by atoms with Gasteiger partial charge in [0.1, 0.15) is 17.6 Å². The first-order chi connectivity index (χ1) is 9.90. The standard InChI is InChI=1S/C13H9ClFN3O3/c1-21-13(20)12-11(17)6(4-16)5-18(12)9-2-7(14)8(15)3-10(9)19/h2-3,5,19H,17H2,1H3. The Labute approximate surface area is 123 Å². The molecule has 0 unspecified atom stereocenters. The molecule has 3 N–H and O–H groups in total. The topological polar surface area (TPSA) is 101 Å². The molecule has 0 amide bonds. The molecular formula is C13H9ClFN3O3. The molecule has 1 aromatic carbocycles. The predicted molar refractivity (Wildman–Crippen MR) is 72.9 cm³/mol. The second-order valence-corrected chi connectivity index (χ2v) is 4.44. The third-order valence-corrected chi connectivity index (χ3v) is 3.11. The number of nitrogens with zero attached hydrogens (tertiary/aromatic N) is 2. The highest BCUT2D eigenvalue weighted by molar-refractivity contribution is 6.31. The van der Waals surface area contributed by atoms with E-state index in [1.54, 1.807) is 0 Å². The van der Waals surface area contributed by atoms with Crippen LogP contribution < -0.4 is 5.73 Å². The molecule has 108 valence electrons. The molecule has 0 fully saturated rings. The number of aromatic nitrogens is 1. The molecule has 0 aliphatic carbocycles. The molecule has 0 atom stereocenters. The van der Waals surface area contributed by atoms with Gasteiger partial charge in [-0.15, -0.1) is 0 Å². The molecule has 1 aromatic heterocycles. The number of aromatic hydroxyl groups is 1. The van der Waals surface area contributed by atoms with E-state index in [9.17, 15) is 14.3 Å². The number of phenolic OH excluding ortho intramolecular Hbond substituents is 1. The summed E-state index contributed by atoms with van der Waals surface area (Å²) < 4.78 is 19.0. The summed E-state index contributed by atoms with van der Waals surface area (Å²) in [6.07, 6.45) is 1.23. The largest absolute Gasteiger partial charge is 0.506 e. The van der Waals surface area contributed by atoms with Gasteiger partial charge in [0.25, 0.3) is 0 Å². The van der Waals surface area contributed by atoms with Crippen LogP contribution >= 0.6 is 11.6 Å². The molecule has 21 heavy (non-hydrogen) atoms. The van der Waals surface area contributed by atoms with Crippen LogP contribution in [0, 0.1) is 17.1 Å². The zero-order valence-electron chi connectivity index (χ0n) is 10.7. The lowest BCUT2D eigenvalue weighted by Crippen LogP contribution is -2.11. The first kappa shape index (κ1) is 14.7. The summed E-state index contributed by atoms with van der Waals surface area (Å²) in [7, 11) is 1.14. The zero-order chi connectivity index (χ0) is 15.7. The molecule has 0 bridgehead atoms. The van der Waals surface area contributed by atoms with Crippen LogP contribution in [0.5, 0.6) is 5.75 Å². The van der Waals surface area contributed by atoms with Gasteiger partial charge in [0.05, 0.1) is 29.1 Å². The van der Waals surface area contributed by atoms with Crippen molar-refractivity contribution in [2.45, 2.75) is 0 Å². The average Bonchev–Trinajstić information content (AvgIpc) is 2.78. The van der Waals surface area contributed by atoms with Crippen LogP contribution in [0.2, 0.25) is 5.02 Å². The Morgan fingerprint density at radius 3 is 2.81 bits per heavy atom. The van der Waals surface area contributed by atoms with Crippen LogP contribution in [0.4, 0.5) is 10.1 Å². The molecule has 0 radical (unpaired) electrons. The van der Waals surface area contributed by atoms with Crippen molar-refractivity contribution in [2.75, 3.05) is 12.8 Å². The normalized spacial score (nSPS) is 10.2. The number of nitrogens with two attached hydrogens (primary N) is 1. The van der Waals surface area contributed by atoms with Gasteiger partial charge in [-0.25, -0.2) is 9.18 Å². The number of carbonyl (C=O) groups excluding carboxylic acids is 1. The Bertz CT molecular complexity index is 780. The van der Waals surface area contributed by atoms with Crippen molar-refractivity contribution in [3.05, 3.63) is 40.4 Å². The van der Waals surface area contributed by atoms with Gasteiger partial charge in [-0.05, 0) is 6.07 Å². The fraction of sp³-hybridized carbons (Fsp3) is 0.0769. The van der Waals surface area contributed by atoms with E-state index in [0.29, 0.717) is 0 Å². The van der Waals surface area contributed by atoms with Crippen LogP contribution in [0.15, 0.2) is 18.3 Å². The van der Waals surface area contributed by atoms with Gasteiger partial charge in [0.2, 0.25) is 0 Å². The molecular weight excluding hydrogens is 301 g/mol. The first-order valence-corrected chi connectivity index (χ1v) is 5.96. The second-order valence-electron chi connectivity index (χ2n) is 4.03. The number of anilines is 1. The number of rotatable bonds is 2. The van der Waals surface area contributed by atoms with Gasteiger partial charge in [-0.2, -0.15) is 5.26 Å². The fourth-order valence-electron chi connectivity index (χ4n) is 1.82. The van der Waals surface area contributed by atoms with E-state index < -0.39 is 17.5 Å². The molecule has 0 aliphatic rings. The van der Waals surface area contributed by atoms with Gasteiger partial charge in [-0.3, -0.25) is 0 Å². The van der Waals surface area contributed by atoms with Crippen molar-refractivity contribution in [2.24, 2.45) is 0 Å². The van der Waals surface area contributed by atoms with E-state index in [-0.39, 0.29) is 27.7 Å². The van der Waals surface area contributed by atoms with E-state index in [1.165, 1.54) is 6.20 Å². The number of methoxy groups -OCH3 is 1. The van der Waals surface area contributed by atoms with E-state index >= 15 is 0 Å². The Kier molecular flexibility index (Phi) is 3.74. The Morgan fingerprint density at radius 1 is 1.57 bits per heavy atom. The summed E-state index contributed by atoms with van der Waals surface area (Å²) in [6.45, 7) is 0. The summed E-state index contributed by atoms with van der Waals surface area (Å²) in [5.41, 5.74) is 5.45. The minimum absolute atomic E-state index is 0.00463. The molecule has 2 rings (SSSR count). The lowest BCUT2D eigenvalue weighted by Gasteiger charge is -2.11. The number of halogens is 2. The van der Waals surface area contributed by atoms with Gasteiger partial charge < -0.3 is 20.1 Å². The van der Waals surface area contributed by atoms with Crippen LogP contribution in [0.3, 0.4) is 0 Å². The molecule has 8 heteroatoms. The van der Waals surface area contributed by atoms with E-state index in [2.05, 4.69) is 4.74 Å². The summed E-state index contributed by atoms with van der Waals surface area (Å²) >= 11 is 5.67. The Morgan fingerprint density at radius 2 is 2.24 bits per heavy atom. The maximum atomic E-state index is 13.3. The second kappa shape index (κ2) is 5.34. The summed E-state index contributed by atoms with van der Waals surface area (Å²) in [5, 5.41) is 18.5. The van der Waals surface area contributed by atoms with Crippen molar-refractivity contribution in [3.63, 3.8) is 0 Å². The maximum absolute atomic E-state index is 13.3. The lowest BCUT2D eigenvalue weighted by atomic mass is 10.2. The minimum Gasteiger partial charge on any atom is -0.506 e. The number of nitriles is 1. The third-order valence-electron chi connectivity index (χ3n) is 2.82. The summed E-state index contributed by atoms with van der Waals surface area (Å²) in [5.74, 6) is -2.10. The highest BCUT2D eigenvalue weighted by Gasteiger charge is 2.23. The number of phenols is 1. The monoisotopic (exact) mass is 309 g/mol. The highest BCUT2D eigenvalue weighted by Crippen LogP contribution is 2.32. The van der Waals surface area contributed by atoms with Gasteiger partial charge in [-0.1, -0.05) is 11.6 Å². The predicted octanol–water partition coefficient (Wildman–Crippen LogP) is 2.22. The average molecular weight is 310 g/mol. The molecule has 1 heterocycles. The lowest BCUT2D eigenvalue weighted by molar-refractivity contribution is 0.0593. The van der Waals surface area contributed by atoms with Crippen molar-refractivity contribution in [1.29, 1.82) is 5.26 Å². The number of hydrogen-bond acceptors (Lipinski definition) is 5. The molecule has 0 saturated carbocycles. The van der Waals surface area contributed by atoms with E-state index in [0.717, 1.165) is 23.8 Å². The summed E-state index contributed by atoms with van der Waals surface area (Å²) in [6, 6.07) is 3.71. The SMILES string of the molecule is COC(=O)c1c(N)c(C#N)cn1-c1cc(Cl)c(F)cc1O. The summed E-state index contributed by atoms with van der Waals surface area (Å²) in [4.78, 5) is 11.8. The molecule has 2 aromatic rings. The Hall–Kier alpha value is -2.72. The molecule has 0 spiro atoms. The van der Waals surface area contributed by atoms with Crippen molar-refractivity contribution >= 4 is 23.3 Å². The number of nitrogen functional groups attached to an aromatic ring is 1. The Balaban J connectivity index is 2.78. The minimum atomic E-state index is -0.821. The molecule has 0 saturated heterocycles. The van der Waals surface area contributed by atoms with Gasteiger partial charge in [0.15, 0.2) is 5.69 Å². The van der Waals surface area contributed by atoms with Gasteiger partial charge >= 0.3 is 5.97 Å². The van der Waals surface area contributed by atoms with E-state index in [1.807, 2.05) is 6.07 Å². The zero-order valence-corrected chi connectivity index (χ0v) is 11.5. The maximum Gasteiger partial charge on any atom is 0.357 e. The number of carbonyl (C=O) groups is 1. The smallest absolute Gasteiger partial charge is 0.357 e. The van der Waals surface area contributed by atoms with Crippen molar-refractivity contribution in [3.8, 4) is 17.5 Å². The van der Waals surface area contributed by atoms with Crippen molar-refractivity contribution in [1.82, 2.24) is 4.57 Å². The first-order valence-electron chi connectivity index (χ1n) is 5.58. The third kappa shape index (κ3) is 2.37.